The Morgan fingerprint density at radius 1 is 1.21 bits per heavy atom. The largest absolute Gasteiger partial charge is 0.493 e. The zero-order valence-electron chi connectivity index (χ0n) is 16.2. The standard InChI is InChI=1S/C20H21N3O6/c1-22-7-6-12-8-13(4-5-15(12)22)17(24)11-21-20(25)14-9-18(28-2)19(29-3)10-16(14)23(26)27/h4-10,17,24H,11H2,1-3H3,(H,21,25). The molecule has 1 atom stereocenters. The predicted octanol–water partition coefficient (Wildman–Crippen LogP) is 2.57. The van der Waals surface area contributed by atoms with Crippen molar-refractivity contribution in [2.45, 2.75) is 6.10 Å². The monoisotopic (exact) mass is 399 g/mol. The van der Waals surface area contributed by atoms with Gasteiger partial charge in [-0.2, -0.15) is 0 Å². The number of benzene rings is 2. The molecule has 0 radical (unpaired) electrons. The van der Waals surface area contributed by atoms with Crippen molar-refractivity contribution in [1.82, 2.24) is 9.88 Å². The Balaban J connectivity index is 1.79. The van der Waals surface area contributed by atoms with Crippen molar-refractivity contribution in [3.63, 3.8) is 0 Å². The molecule has 1 unspecified atom stereocenters. The van der Waals surface area contributed by atoms with Crippen LogP contribution < -0.4 is 14.8 Å². The normalized spacial score (nSPS) is 11.9. The fraction of sp³-hybridized carbons (Fsp3) is 0.250. The molecule has 9 heteroatoms. The first-order valence-corrected chi connectivity index (χ1v) is 8.77. The number of aliphatic hydroxyl groups excluding tert-OH is 1. The molecule has 2 aromatic carbocycles. The van der Waals surface area contributed by atoms with Gasteiger partial charge in [0.15, 0.2) is 11.5 Å². The number of aryl methyl sites for hydroxylation is 1. The van der Waals surface area contributed by atoms with Crippen LogP contribution in [0.5, 0.6) is 11.5 Å². The number of hydrogen-bond acceptors (Lipinski definition) is 6. The average molecular weight is 399 g/mol. The van der Waals surface area contributed by atoms with Gasteiger partial charge in [-0.1, -0.05) is 6.07 Å². The molecule has 0 spiro atoms. The molecule has 0 bridgehead atoms. The summed E-state index contributed by atoms with van der Waals surface area (Å²) < 4.78 is 12.1. The van der Waals surface area contributed by atoms with Crippen LogP contribution in [0.3, 0.4) is 0 Å². The highest BCUT2D eigenvalue weighted by molar-refractivity contribution is 5.99. The van der Waals surface area contributed by atoms with E-state index in [1.807, 2.05) is 36.0 Å². The number of carbonyl (C=O) groups is 1. The number of aromatic nitrogens is 1. The molecule has 0 aliphatic rings. The molecule has 1 amide bonds. The van der Waals surface area contributed by atoms with E-state index in [0.29, 0.717) is 5.56 Å². The lowest BCUT2D eigenvalue weighted by molar-refractivity contribution is -0.385. The Morgan fingerprint density at radius 2 is 1.90 bits per heavy atom. The number of ether oxygens (including phenoxy) is 2. The van der Waals surface area contributed by atoms with E-state index in [-0.39, 0.29) is 23.6 Å². The lowest BCUT2D eigenvalue weighted by Gasteiger charge is -2.14. The number of aliphatic hydroxyl groups is 1. The van der Waals surface area contributed by atoms with E-state index in [2.05, 4.69) is 5.32 Å². The summed E-state index contributed by atoms with van der Waals surface area (Å²) >= 11 is 0. The van der Waals surface area contributed by atoms with Crippen molar-refractivity contribution in [3.05, 3.63) is 63.8 Å². The predicted molar refractivity (Wildman–Crippen MR) is 106 cm³/mol. The average Bonchev–Trinajstić information content (AvgIpc) is 3.10. The zero-order valence-corrected chi connectivity index (χ0v) is 16.2. The zero-order chi connectivity index (χ0) is 21.1. The van der Waals surface area contributed by atoms with Crippen LogP contribution >= 0.6 is 0 Å². The van der Waals surface area contributed by atoms with Crippen molar-refractivity contribution in [3.8, 4) is 11.5 Å². The molecular weight excluding hydrogens is 378 g/mol. The highest BCUT2D eigenvalue weighted by atomic mass is 16.6. The van der Waals surface area contributed by atoms with Crippen LogP contribution in [0.15, 0.2) is 42.6 Å². The number of nitrogens with one attached hydrogen (secondary N) is 1. The molecule has 2 N–H and O–H groups in total. The third-order valence-electron chi connectivity index (χ3n) is 4.69. The molecular formula is C20H21N3O6. The van der Waals surface area contributed by atoms with Crippen LogP contribution in [0.1, 0.15) is 22.0 Å². The number of carbonyl (C=O) groups excluding carboxylic acids is 1. The van der Waals surface area contributed by atoms with Crippen molar-refractivity contribution < 1.29 is 24.3 Å². The van der Waals surface area contributed by atoms with Crippen LogP contribution in [-0.4, -0.2) is 41.3 Å². The summed E-state index contributed by atoms with van der Waals surface area (Å²) in [5, 5.41) is 25.3. The van der Waals surface area contributed by atoms with Gasteiger partial charge in [-0.25, -0.2) is 0 Å². The third-order valence-corrected chi connectivity index (χ3v) is 4.69. The second-order valence-corrected chi connectivity index (χ2v) is 6.45. The van der Waals surface area contributed by atoms with Gasteiger partial charge in [0.1, 0.15) is 5.56 Å². The minimum absolute atomic E-state index is 0.108. The number of hydrogen-bond donors (Lipinski definition) is 2. The minimum Gasteiger partial charge on any atom is -0.493 e. The van der Waals surface area contributed by atoms with E-state index < -0.39 is 22.6 Å². The Bertz CT molecular complexity index is 1080. The van der Waals surface area contributed by atoms with Crippen LogP contribution in [0.4, 0.5) is 5.69 Å². The lowest BCUT2D eigenvalue weighted by Crippen LogP contribution is -2.29. The van der Waals surface area contributed by atoms with Gasteiger partial charge < -0.3 is 24.5 Å². The maximum Gasteiger partial charge on any atom is 0.286 e. The Kier molecular flexibility index (Phi) is 5.69. The second kappa shape index (κ2) is 8.19. The highest BCUT2D eigenvalue weighted by Crippen LogP contribution is 2.34. The first-order chi connectivity index (χ1) is 13.8. The van der Waals surface area contributed by atoms with Gasteiger partial charge in [-0.15, -0.1) is 0 Å². The van der Waals surface area contributed by atoms with Crippen LogP contribution in [0.2, 0.25) is 0 Å². The minimum atomic E-state index is -0.970. The summed E-state index contributed by atoms with van der Waals surface area (Å²) in [6.07, 6.45) is 0.946. The van der Waals surface area contributed by atoms with Gasteiger partial charge >= 0.3 is 0 Å². The molecule has 152 valence electrons. The Labute approximate surface area is 166 Å². The van der Waals surface area contributed by atoms with E-state index in [1.54, 1.807) is 6.07 Å². The van der Waals surface area contributed by atoms with E-state index in [0.717, 1.165) is 17.0 Å². The van der Waals surface area contributed by atoms with Crippen LogP contribution in [0, 0.1) is 10.1 Å². The van der Waals surface area contributed by atoms with Gasteiger partial charge in [0.2, 0.25) is 0 Å². The van der Waals surface area contributed by atoms with Gasteiger partial charge in [-0.3, -0.25) is 14.9 Å². The topological polar surface area (TPSA) is 116 Å². The van der Waals surface area contributed by atoms with Crippen molar-refractivity contribution in [2.75, 3.05) is 20.8 Å². The van der Waals surface area contributed by atoms with Crippen LogP contribution in [0.25, 0.3) is 10.9 Å². The van der Waals surface area contributed by atoms with Crippen molar-refractivity contribution in [2.24, 2.45) is 7.05 Å². The number of nitro benzene ring substituents is 1. The summed E-state index contributed by atoms with van der Waals surface area (Å²) in [5.74, 6) is -0.359. The fourth-order valence-corrected chi connectivity index (χ4v) is 3.11. The lowest BCUT2D eigenvalue weighted by atomic mass is 10.1. The molecule has 0 saturated carbocycles. The number of methoxy groups -OCH3 is 2. The smallest absolute Gasteiger partial charge is 0.286 e. The van der Waals surface area contributed by atoms with Crippen LogP contribution in [-0.2, 0) is 7.05 Å². The number of amides is 1. The highest BCUT2D eigenvalue weighted by Gasteiger charge is 2.25. The molecule has 29 heavy (non-hydrogen) atoms. The van der Waals surface area contributed by atoms with E-state index in [4.69, 9.17) is 9.47 Å². The number of rotatable bonds is 7. The van der Waals surface area contributed by atoms with E-state index in [1.165, 1.54) is 20.3 Å². The molecule has 1 aromatic heterocycles. The summed E-state index contributed by atoms with van der Waals surface area (Å²) in [5.41, 5.74) is 1.05. The first kappa shape index (κ1) is 20.2. The summed E-state index contributed by atoms with van der Waals surface area (Å²) in [4.78, 5) is 23.3. The molecule has 0 fully saturated rings. The maximum absolute atomic E-state index is 12.6. The fourth-order valence-electron chi connectivity index (χ4n) is 3.11. The summed E-state index contributed by atoms with van der Waals surface area (Å²) in [6.45, 7) is -0.108. The molecule has 0 aliphatic heterocycles. The van der Waals surface area contributed by atoms with Gasteiger partial charge in [-0.05, 0) is 29.1 Å². The second-order valence-electron chi connectivity index (χ2n) is 6.45. The quantitative estimate of drug-likeness (QED) is 0.466. The molecule has 9 nitrogen and oxygen atoms in total. The summed E-state index contributed by atoms with van der Waals surface area (Å²) in [7, 11) is 4.64. The molecule has 3 rings (SSSR count). The van der Waals surface area contributed by atoms with Gasteiger partial charge in [0.05, 0.1) is 31.3 Å². The first-order valence-electron chi connectivity index (χ1n) is 8.77. The number of nitro groups is 1. The Morgan fingerprint density at radius 3 is 2.55 bits per heavy atom. The molecule has 0 aliphatic carbocycles. The maximum atomic E-state index is 12.6. The van der Waals surface area contributed by atoms with Crippen molar-refractivity contribution >= 4 is 22.5 Å². The third kappa shape index (κ3) is 3.99. The van der Waals surface area contributed by atoms with Gasteiger partial charge in [0.25, 0.3) is 11.6 Å². The van der Waals surface area contributed by atoms with Gasteiger partial charge in [0, 0.05) is 31.4 Å². The SMILES string of the molecule is COc1cc(C(=O)NCC(O)c2ccc3c(ccn3C)c2)c([N+](=O)[O-])cc1OC. The molecule has 0 saturated heterocycles. The number of nitrogens with zero attached hydrogens (tertiary/aromatic N) is 2. The van der Waals surface area contributed by atoms with E-state index in [9.17, 15) is 20.0 Å². The Hall–Kier alpha value is -3.59. The van der Waals surface area contributed by atoms with Crippen molar-refractivity contribution in [1.29, 1.82) is 0 Å². The van der Waals surface area contributed by atoms with E-state index >= 15 is 0 Å². The molecule has 3 aromatic rings. The summed E-state index contributed by atoms with van der Waals surface area (Å²) in [6, 6.07) is 9.80. The number of fused-ring (bicyclic) bond motifs is 1. The molecule has 1 heterocycles.